The Balaban J connectivity index is 1.77. The van der Waals surface area contributed by atoms with Crippen molar-refractivity contribution in [2.24, 2.45) is 0 Å². The molecular formula is C14H18F3NO2. The van der Waals surface area contributed by atoms with Crippen LogP contribution in [-0.4, -0.2) is 32.0 Å². The fraction of sp³-hybridized carbons (Fsp3) is 0.571. The summed E-state index contributed by atoms with van der Waals surface area (Å²) >= 11 is 0. The van der Waals surface area contributed by atoms with Crippen molar-refractivity contribution in [1.82, 2.24) is 0 Å². The van der Waals surface area contributed by atoms with Gasteiger partial charge in [-0.15, -0.1) is 0 Å². The zero-order valence-electron chi connectivity index (χ0n) is 11.1. The number of nitrogens with one attached hydrogen (secondary N) is 1. The minimum Gasteiger partial charge on any atom is -0.482 e. The second-order valence-electron chi connectivity index (χ2n) is 4.75. The lowest BCUT2D eigenvalue weighted by Gasteiger charge is -2.26. The molecule has 0 aromatic heterocycles. The molecule has 1 heterocycles. The van der Waals surface area contributed by atoms with Crippen LogP contribution in [0.15, 0.2) is 24.3 Å². The summed E-state index contributed by atoms with van der Waals surface area (Å²) in [6.45, 7) is 0.250. The molecule has 112 valence electrons. The highest BCUT2D eigenvalue weighted by molar-refractivity contribution is 5.56. The van der Waals surface area contributed by atoms with E-state index in [4.69, 9.17) is 9.47 Å². The number of rotatable bonds is 7. The van der Waals surface area contributed by atoms with E-state index in [0.717, 1.165) is 25.9 Å². The van der Waals surface area contributed by atoms with Crippen molar-refractivity contribution >= 4 is 5.69 Å². The highest BCUT2D eigenvalue weighted by Gasteiger charge is 2.28. The molecule has 2 rings (SSSR count). The van der Waals surface area contributed by atoms with E-state index in [0.29, 0.717) is 18.3 Å². The molecule has 1 aromatic carbocycles. The number of ether oxygens (including phenoxy) is 2. The summed E-state index contributed by atoms with van der Waals surface area (Å²) in [7, 11) is 0. The molecule has 1 saturated heterocycles. The molecule has 1 fully saturated rings. The van der Waals surface area contributed by atoms with Gasteiger partial charge in [0.25, 0.3) is 0 Å². The number of alkyl halides is 3. The van der Waals surface area contributed by atoms with Crippen LogP contribution in [0.3, 0.4) is 0 Å². The third kappa shape index (κ3) is 4.92. The van der Waals surface area contributed by atoms with E-state index >= 15 is 0 Å². The number of halogens is 3. The topological polar surface area (TPSA) is 30.5 Å². The van der Waals surface area contributed by atoms with Crippen molar-refractivity contribution in [3.8, 4) is 5.75 Å². The van der Waals surface area contributed by atoms with Crippen LogP contribution in [0.5, 0.6) is 5.75 Å². The first-order valence-electron chi connectivity index (χ1n) is 6.69. The van der Waals surface area contributed by atoms with Crippen LogP contribution in [0.1, 0.15) is 19.3 Å². The standard InChI is InChI=1S/C14H18F3NO2/c15-14(16,17)10-20-13-6-2-1-5-12(13)18-8-3-4-11-7-9-19-11/h1-2,5-6,11,18H,3-4,7-10H2. The van der Waals surface area contributed by atoms with Gasteiger partial charge in [0, 0.05) is 13.2 Å². The Kier molecular flexibility index (Phi) is 5.11. The molecule has 1 aliphatic heterocycles. The lowest BCUT2D eigenvalue weighted by atomic mass is 10.1. The van der Waals surface area contributed by atoms with Gasteiger partial charge in [-0.05, 0) is 31.4 Å². The lowest BCUT2D eigenvalue weighted by Crippen LogP contribution is -2.27. The summed E-state index contributed by atoms with van der Waals surface area (Å²) in [5.74, 6) is 0.227. The predicted molar refractivity (Wildman–Crippen MR) is 70.1 cm³/mol. The van der Waals surface area contributed by atoms with Crippen LogP contribution in [0.2, 0.25) is 0 Å². The van der Waals surface area contributed by atoms with Gasteiger partial charge in [0.1, 0.15) is 5.75 Å². The molecule has 0 amide bonds. The second kappa shape index (κ2) is 6.83. The fourth-order valence-corrected chi connectivity index (χ4v) is 1.96. The molecule has 0 saturated carbocycles. The molecule has 3 nitrogen and oxygen atoms in total. The van der Waals surface area contributed by atoms with Gasteiger partial charge in [-0.25, -0.2) is 0 Å². The summed E-state index contributed by atoms with van der Waals surface area (Å²) in [5.41, 5.74) is 0.589. The Morgan fingerprint density at radius 1 is 1.30 bits per heavy atom. The third-order valence-electron chi connectivity index (χ3n) is 3.09. The first kappa shape index (κ1) is 15.0. The molecule has 0 aliphatic carbocycles. The zero-order chi connectivity index (χ0) is 14.4. The number of benzene rings is 1. The summed E-state index contributed by atoms with van der Waals surface area (Å²) in [6, 6.07) is 6.66. The van der Waals surface area contributed by atoms with Crippen LogP contribution >= 0.6 is 0 Å². The quantitative estimate of drug-likeness (QED) is 0.778. The van der Waals surface area contributed by atoms with Crippen molar-refractivity contribution in [3.05, 3.63) is 24.3 Å². The van der Waals surface area contributed by atoms with Crippen molar-refractivity contribution in [1.29, 1.82) is 0 Å². The molecule has 6 heteroatoms. The van der Waals surface area contributed by atoms with Crippen LogP contribution < -0.4 is 10.1 Å². The Morgan fingerprint density at radius 2 is 2.05 bits per heavy atom. The van der Waals surface area contributed by atoms with E-state index in [9.17, 15) is 13.2 Å². The Morgan fingerprint density at radius 3 is 2.70 bits per heavy atom. The maximum atomic E-state index is 12.2. The van der Waals surface area contributed by atoms with E-state index in [2.05, 4.69) is 5.32 Å². The van der Waals surface area contributed by atoms with Crippen LogP contribution in [-0.2, 0) is 4.74 Å². The Bertz CT molecular complexity index is 419. The van der Waals surface area contributed by atoms with Gasteiger partial charge in [0.15, 0.2) is 6.61 Å². The summed E-state index contributed by atoms with van der Waals surface area (Å²) in [5, 5.41) is 3.11. The van der Waals surface area contributed by atoms with Gasteiger partial charge in [-0.1, -0.05) is 12.1 Å². The van der Waals surface area contributed by atoms with E-state index in [1.807, 2.05) is 0 Å². The molecule has 1 aliphatic rings. The largest absolute Gasteiger partial charge is 0.482 e. The fourth-order valence-electron chi connectivity index (χ4n) is 1.96. The van der Waals surface area contributed by atoms with Gasteiger partial charge < -0.3 is 14.8 Å². The SMILES string of the molecule is FC(F)(F)COc1ccccc1NCCCC1CCO1. The van der Waals surface area contributed by atoms with Crippen molar-refractivity contribution in [2.45, 2.75) is 31.5 Å². The molecule has 0 bridgehead atoms. The number of hydrogen-bond acceptors (Lipinski definition) is 3. The van der Waals surface area contributed by atoms with Gasteiger partial charge in [0.2, 0.25) is 0 Å². The molecule has 1 aromatic rings. The van der Waals surface area contributed by atoms with E-state index in [-0.39, 0.29) is 5.75 Å². The number of para-hydroxylation sites is 2. The number of anilines is 1. The van der Waals surface area contributed by atoms with E-state index in [1.54, 1.807) is 18.2 Å². The smallest absolute Gasteiger partial charge is 0.422 e. The molecule has 20 heavy (non-hydrogen) atoms. The highest BCUT2D eigenvalue weighted by Crippen LogP contribution is 2.26. The third-order valence-corrected chi connectivity index (χ3v) is 3.09. The minimum absolute atomic E-state index is 0.227. The Labute approximate surface area is 116 Å². The summed E-state index contributed by atoms with van der Waals surface area (Å²) < 4.78 is 46.6. The van der Waals surface area contributed by atoms with E-state index < -0.39 is 12.8 Å². The average Bonchev–Trinajstić information content (AvgIpc) is 2.34. The van der Waals surface area contributed by atoms with Crippen molar-refractivity contribution in [2.75, 3.05) is 25.1 Å². The molecule has 0 radical (unpaired) electrons. The van der Waals surface area contributed by atoms with Crippen LogP contribution in [0, 0.1) is 0 Å². The van der Waals surface area contributed by atoms with Gasteiger partial charge in [-0.2, -0.15) is 13.2 Å². The summed E-state index contributed by atoms with van der Waals surface area (Å²) in [4.78, 5) is 0. The van der Waals surface area contributed by atoms with Crippen molar-refractivity contribution in [3.63, 3.8) is 0 Å². The second-order valence-corrected chi connectivity index (χ2v) is 4.75. The summed E-state index contributed by atoms with van der Waals surface area (Å²) in [6.07, 6.45) is -0.981. The van der Waals surface area contributed by atoms with Gasteiger partial charge in [-0.3, -0.25) is 0 Å². The molecule has 1 unspecified atom stereocenters. The molecular weight excluding hydrogens is 271 g/mol. The average molecular weight is 289 g/mol. The monoisotopic (exact) mass is 289 g/mol. The van der Waals surface area contributed by atoms with Crippen molar-refractivity contribution < 1.29 is 22.6 Å². The van der Waals surface area contributed by atoms with E-state index in [1.165, 1.54) is 6.07 Å². The molecule has 1 atom stereocenters. The molecule has 0 spiro atoms. The first-order chi connectivity index (χ1) is 9.54. The lowest BCUT2D eigenvalue weighted by molar-refractivity contribution is -0.153. The maximum absolute atomic E-state index is 12.2. The first-order valence-corrected chi connectivity index (χ1v) is 6.69. The van der Waals surface area contributed by atoms with Crippen LogP contribution in [0.25, 0.3) is 0 Å². The van der Waals surface area contributed by atoms with Gasteiger partial charge >= 0.3 is 6.18 Å². The zero-order valence-corrected chi connectivity index (χ0v) is 11.1. The van der Waals surface area contributed by atoms with Gasteiger partial charge in [0.05, 0.1) is 11.8 Å². The maximum Gasteiger partial charge on any atom is 0.422 e. The normalized spacial score (nSPS) is 18.4. The minimum atomic E-state index is -4.32. The number of hydrogen-bond donors (Lipinski definition) is 1. The van der Waals surface area contributed by atoms with Crippen LogP contribution in [0.4, 0.5) is 18.9 Å². The Hall–Kier alpha value is -1.43. The highest BCUT2D eigenvalue weighted by atomic mass is 19.4. The molecule has 1 N–H and O–H groups in total. The predicted octanol–water partition coefficient (Wildman–Crippen LogP) is 3.61.